The first-order valence-electron chi connectivity index (χ1n) is 9.06. The third-order valence-electron chi connectivity index (χ3n) is 5.11. The molecule has 0 saturated heterocycles. The third-order valence-corrected chi connectivity index (χ3v) is 5.11. The van der Waals surface area contributed by atoms with Gasteiger partial charge in [0.25, 0.3) is 0 Å². The van der Waals surface area contributed by atoms with Gasteiger partial charge in [-0.2, -0.15) is 27.5 Å². The molecule has 4 heterocycles. The topological polar surface area (TPSA) is 90.0 Å². The van der Waals surface area contributed by atoms with Crippen LogP contribution in [0.4, 0.5) is 19.0 Å². The van der Waals surface area contributed by atoms with Crippen LogP contribution in [0.2, 0.25) is 0 Å². The average molecular weight is 413 g/mol. The van der Waals surface area contributed by atoms with Gasteiger partial charge in [0.05, 0.1) is 11.3 Å². The molecule has 152 valence electrons. The highest BCUT2D eigenvalue weighted by molar-refractivity contribution is 5.95. The Kier molecular flexibility index (Phi) is 3.88. The zero-order valence-corrected chi connectivity index (χ0v) is 15.6. The SMILES string of the molecule is Cc1nn(-c2ccc3nncn3n2)c2c1[C@@H](c1ccccc1C(F)(F)F)CC(=O)N2. The summed E-state index contributed by atoms with van der Waals surface area (Å²) in [4.78, 5) is 12.5. The quantitative estimate of drug-likeness (QED) is 0.545. The fraction of sp³-hybridized carbons (Fsp3) is 0.211. The molecule has 1 aromatic carbocycles. The number of rotatable bonds is 2. The smallest absolute Gasteiger partial charge is 0.310 e. The van der Waals surface area contributed by atoms with Crippen molar-refractivity contribution in [3.63, 3.8) is 0 Å². The number of benzene rings is 1. The van der Waals surface area contributed by atoms with E-state index in [0.717, 1.165) is 6.07 Å². The second kappa shape index (κ2) is 6.37. The first-order chi connectivity index (χ1) is 14.3. The first kappa shape index (κ1) is 18.3. The van der Waals surface area contributed by atoms with Crippen LogP contribution in [0.15, 0.2) is 42.7 Å². The van der Waals surface area contributed by atoms with Crippen LogP contribution >= 0.6 is 0 Å². The number of carbonyl (C=O) groups excluding carboxylic acids is 1. The molecule has 1 aliphatic rings. The van der Waals surface area contributed by atoms with Crippen LogP contribution in [0.1, 0.15) is 34.7 Å². The number of hydrogen-bond donors (Lipinski definition) is 1. The van der Waals surface area contributed by atoms with E-state index in [2.05, 4.69) is 25.7 Å². The van der Waals surface area contributed by atoms with E-state index in [9.17, 15) is 18.0 Å². The van der Waals surface area contributed by atoms with Crippen molar-refractivity contribution in [2.45, 2.75) is 25.4 Å². The molecule has 0 fully saturated rings. The molecule has 0 radical (unpaired) electrons. The summed E-state index contributed by atoms with van der Waals surface area (Å²) in [5.41, 5.74) is 0.866. The van der Waals surface area contributed by atoms with Crippen molar-refractivity contribution in [1.29, 1.82) is 0 Å². The zero-order chi connectivity index (χ0) is 21.0. The van der Waals surface area contributed by atoms with E-state index in [-0.39, 0.29) is 12.0 Å². The van der Waals surface area contributed by atoms with Crippen LogP contribution in [-0.2, 0) is 11.0 Å². The normalized spacial score (nSPS) is 16.5. The number of aromatic nitrogens is 6. The van der Waals surface area contributed by atoms with E-state index < -0.39 is 23.6 Å². The maximum atomic E-state index is 13.6. The summed E-state index contributed by atoms with van der Waals surface area (Å²) in [6.07, 6.45) is -3.22. The van der Waals surface area contributed by atoms with Gasteiger partial charge in [0.1, 0.15) is 12.1 Å². The minimum atomic E-state index is -4.53. The highest BCUT2D eigenvalue weighted by Crippen LogP contribution is 2.44. The highest BCUT2D eigenvalue weighted by atomic mass is 19.4. The van der Waals surface area contributed by atoms with Crippen molar-refractivity contribution in [2.24, 2.45) is 0 Å². The number of halogens is 3. The van der Waals surface area contributed by atoms with E-state index in [0.29, 0.717) is 28.5 Å². The molecule has 8 nitrogen and oxygen atoms in total. The Balaban J connectivity index is 1.69. The first-order valence-corrected chi connectivity index (χ1v) is 9.06. The van der Waals surface area contributed by atoms with Crippen molar-refractivity contribution in [2.75, 3.05) is 5.32 Å². The molecular formula is C19H14F3N7O. The van der Waals surface area contributed by atoms with E-state index in [1.807, 2.05) is 0 Å². The van der Waals surface area contributed by atoms with Crippen molar-refractivity contribution >= 4 is 17.4 Å². The fourth-order valence-corrected chi connectivity index (χ4v) is 3.87. The second-order valence-corrected chi connectivity index (χ2v) is 6.97. The van der Waals surface area contributed by atoms with Gasteiger partial charge in [-0.3, -0.25) is 4.79 Å². The molecule has 0 spiro atoms. The molecule has 0 bridgehead atoms. The van der Waals surface area contributed by atoms with E-state index in [1.54, 1.807) is 19.1 Å². The Bertz CT molecular complexity index is 1290. The average Bonchev–Trinajstić information content (AvgIpc) is 3.30. The molecule has 11 heteroatoms. The Morgan fingerprint density at radius 2 is 1.93 bits per heavy atom. The maximum absolute atomic E-state index is 13.6. The molecule has 1 atom stereocenters. The molecule has 4 aromatic rings. The van der Waals surface area contributed by atoms with Crippen LogP contribution in [0.3, 0.4) is 0 Å². The monoisotopic (exact) mass is 413 g/mol. The predicted octanol–water partition coefficient (Wildman–Crippen LogP) is 3.11. The van der Waals surface area contributed by atoms with Gasteiger partial charge in [-0.25, -0.2) is 0 Å². The standard InChI is InChI=1S/C19H14F3N7O/c1-10-17-12(11-4-2-3-5-13(11)19(20,21)22)8-16(30)24-18(17)29(26-10)15-7-6-14-25-23-9-28(14)27-15/h2-7,9,12H,8H2,1H3,(H,24,30)/t12-/m1/s1. The lowest BCUT2D eigenvalue weighted by Crippen LogP contribution is -2.26. The summed E-state index contributed by atoms with van der Waals surface area (Å²) in [6, 6.07) is 8.65. The van der Waals surface area contributed by atoms with Crippen LogP contribution in [0.5, 0.6) is 0 Å². The Morgan fingerprint density at radius 3 is 2.73 bits per heavy atom. The number of aryl methyl sites for hydroxylation is 1. The Labute approximate surface area is 167 Å². The minimum Gasteiger partial charge on any atom is -0.310 e. The number of fused-ring (bicyclic) bond motifs is 2. The summed E-state index contributed by atoms with van der Waals surface area (Å²) in [5, 5.41) is 19.2. The number of nitrogens with zero attached hydrogens (tertiary/aromatic N) is 6. The minimum absolute atomic E-state index is 0.0472. The number of carbonyl (C=O) groups is 1. The van der Waals surface area contributed by atoms with Gasteiger partial charge in [-0.15, -0.1) is 15.3 Å². The second-order valence-electron chi connectivity index (χ2n) is 6.97. The van der Waals surface area contributed by atoms with Crippen LogP contribution < -0.4 is 5.32 Å². The lowest BCUT2D eigenvalue weighted by Gasteiger charge is -2.26. The van der Waals surface area contributed by atoms with Crippen molar-refractivity contribution in [3.8, 4) is 5.82 Å². The van der Waals surface area contributed by atoms with Gasteiger partial charge in [0.15, 0.2) is 11.5 Å². The predicted molar refractivity (Wildman–Crippen MR) is 99.2 cm³/mol. The molecule has 30 heavy (non-hydrogen) atoms. The van der Waals surface area contributed by atoms with Gasteiger partial charge < -0.3 is 5.32 Å². The molecular weight excluding hydrogens is 399 g/mol. The number of amides is 1. The maximum Gasteiger partial charge on any atom is 0.416 e. The molecule has 5 rings (SSSR count). The van der Waals surface area contributed by atoms with E-state index in [4.69, 9.17) is 0 Å². The molecule has 1 N–H and O–H groups in total. The number of hydrogen-bond acceptors (Lipinski definition) is 5. The molecule has 0 saturated carbocycles. The van der Waals surface area contributed by atoms with Crippen molar-refractivity contribution in [3.05, 3.63) is 65.1 Å². The highest BCUT2D eigenvalue weighted by Gasteiger charge is 2.39. The molecule has 0 aliphatic carbocycles. The fourth-order valence-electron chi connectivity index (χ4n) is 3.87. The Morgan fingerprint density at radius 1 is 1.13 bits per heavy atom. The van der Waals surface area contributed by atoms with Gasteiger partial charge in [-0.1, -0.05) is 18.2 Å². The molecule has 0 unspecified atom stereocenters. The summed E-state index contributed by atoms with van der Waals surface area (Å²) >= 11 is 0. The number of nitrogens with one attached hydrogen (secondary N) is 1. The van der Waals surface area contributed by atoms with E-state index in [1.165, 1.54) is 33.7 Å². The molecule has 1 aliphatic heterocycles. The van der Waals surface area contributed by atoms with Crippen LogP contribution in [0.25, 0.3) is 11.5 Å². The largest absolute Gasteiger partial charge is 0.416 e. The third kappa shape index (κ3) is 2.81. The number of alkyl halides is 3. The summed E-state index contributed by atoms with van der Waals surface area (Å²) in [5.74, 6) is -0.489. The molecule has 1 amide bonds. The summed E-state index contributed by atoms with van der Waals surface area (Å²) in [6.45, 7) is 1.70. The van der Waals surface area contributed by atoms with Gasteiger partial charge >= 0.3 is 6.18 Å². The summed E-state index contributed by atoms with van der Waals surface area (Å²) in [7, 11) is 0. The Hall–Kier alpha value is -3.76. The van der Waals surface area contributed by atoms with Crippen LogP contribution in [0, 0.1) is 6.92 Å². The zero-order valence-electron chi connectivity index (χ0n) is 15.6. The molecule has 3 aromatic heterocycles. The number of anilines is 1. The lowest BCUT2D eigenvalue weighted by molar-refractivity contribution is -0.138. The van der Waals surface area contributed by atoms with Crippen molar-refractivity contribution < 1.29 is 18.0 Å². The van der Waals surface area contributed by atoms with Crippen molar-refractivity contribution in [1.82, 2.24) is 29.6 Å². The summed E-state index contributed by atoms with van der Waals surface area (Å²) < 4.78 is 43.7. The van der Waals surface area contributed by atoms with Gasteiger partial charge in [0.2, 0.25) is 5.91 Å². The van der Waals surface area contributed by atoms with Gasteiger partial charge in [-0.05, 0) is 30.7 Å². The van der Waals surface area contributed by atoms with Gasteiger partial charge in [0, 0.05) is 17.9 Å². The van der Waals surface area contributed by atoms with E-state index >= 15 is 0 Å². The van der Waals surface area contributed by atoms with Crippen LogP contribution in [-0.4, -0.2) is 35.5 Å². The lowest BCUT2D eigenvalue weighted by atomic mass is 9.83.